The van der Waals surface area contributed by atoms with Gasteiger partial charge in [-0.1, -0.05) is 33.1 Å². The predicted molar refractivity (Wildman–Crippen MR) is 48.9 cm³/mol. The number of halogens is 2. The second kappa shape index (κ2) is 5.26. The summed E-state index contributed by atoms with van der Waals surface area (Å²) in [5.74, 6) is 0. The first kappa shape index (κ1) is 10.6. The topological polar surface area (TPSA) is 0 Å². The Morgan fingerprint density at radius 3 is 2.00 bits per heavy atom. The fourth-order valence-corrected chi connectivity index (χ4v) is 1.57. The van der Waals surface area contributed by atoms with Gasteiger partial charge in [0.2, 0.25) is 0 Å². The SMILES string of the molecule is CCCCC(Cl)(Cl)CCC. The quantitative estimate of drug-likeness (QED) is 0.561. The maximum absolute atomic E-state index is 5.98. The molecule has 0 N–H and O–H groups in total. The molecule has 0 aliphatic carbocycles. The molecule has 0 fully saturated rings. The molecule has 0 radical (unpaired) electrons. The molecular weight excluding hydrogens is 167 g/mol. The van der Waals surface area contributed by atoms with E-state index in [4.69, 9.17) is 23.2 Å². The zero-order chi connectivity index (χ0) is 8.04. The summed E-state index contributed by atoms with van der Waals surface area (Å²) in [7, 11) is 0. The molecule has 0 aromatic carbocycles. The molecule has 0 aromatic heterocycles. The third kappa shape index (κ3) is 5.37. The largest absolute Gasteiger partial charge is 0.118 e. The van der Waals surface area contributed by atoms with E-state index in [1.807, 2.05) is 0 Å². The average Bonchev–Trinajstić information content (AvgIpc) is 1.84. The first-order chi connectivity index (χ1) is 4.62. The molecule has 0 spiro atoms. The van der Waals surface area contributed by atoms with Gasteiger partial charge < -0.3 is 0 Å². The van der Waals surface area contributed by atoms with Crippen molar-refractivity contribution in [1.29, 1.82) is 0 Å². The van der Waals surface area contributed by atoms with E-state index in [0.29, 0.717) is 0 Å². The highest BCUT2D eigenvalue weighted by Crippen LogP contribution is 2.32. The monoisotopic (exact) mass is 182 g/mol. The Morgan fingerprint density at radius 2 is 1.60 bits per heavy atom. The molecule has 0 saturated heterocycles. The van der Waals surface area contributed by atoms with Crippen LogP contribution in [0.1, 0.15) is 46.0 Å². The first-order valence-electron chi connectivity index (χ1n) is 4.00. The molecule has 0 aliphatic heterocycles. The van der Waals surface area contributed by atoms with E-state index < -0.39 is 4.33 Å². The zero-order valence-corrected chi connectivity index (χ0v) is 8.30. The molecule has 0 unspecified atom stereocenters. The molecule has 10 heavy (non-hydrogen) atoms. The van der Waals surface area contributed by atoms with Gasteiger partial charge in [0.05, 0.1) is 0 Å². The summed E-state index contributed by atoms with van der Waals surface area (Å²) in [5, 5.41) is 0. The lowest BCUT2D eigenvalue weighted by Gasteiger charge is -2.17. The number of hydrogen-bond acceptors (Lipinski definition) is 0. The third-order valence-corrected chi connectivity index (χ3v) is 2.27. The molecule has 0 saturated carbocycles. The number of alkyl halides is 2. The minimum atomic E-state index is -0.454. The standard InChI is InChI=1S/C8H16Cl2/c1-3-5-7-8(9,10)6-4-2/h3-7H2,1-2H3. The number of rotatable bonds is 5. The molecule has 0 aromatic rings. The van der Waals surface area contributed by atoms with Crippen LogP contribution in [0.2, 0.25) is 0 Å². The van der Waals surface area contributed by atoms with Crippen LogP contribution in [-0.4, -0.2) is 4.33 Å². The number of unbranched alkanes of at least 4 members (excludes halogenated alkanes) is 1. The maximum atomic E-state index is 5.98. The van der Waals surface area contributed by atoms with Crippen LogP contribution in [0.25, 0.3) is 0 Å². The van der Waals surface area contributed by atoms with E-state index in [9.17, 15) is 0 Å². The van der Waals surface area contributed by atoms with E-state index in [2.05, 4.69) is 13.8 Å². The normalized spacial score (nSPS) is 12.0. The Kier molecular flexibility index (Phi) is 5.56. The van der Waals surface area contributed by atoms with Crippen LogP contribution in [0.15, 0.2) is 0 Å². The van der Waals surface area contributed by atoms with E-state index in [0.717, 1.165) is 25.7 Å². The van der Waals surface area contributed by atoms with Gasteiger partial charge in [0.25, 0.3) is 0 Å². The summed E-state index contributed by atoms with van der Waals surface area (Å²) in [6.07, 6.45) is 5.21. The van der Waals surface area contributed by atoms with Gasteiger partial charge in [-0.3, -0.25) is 0 Å². The Bertz CT molecular complexity index is 79.3. The van der Waals surface area contributed by atoms with Crippen LogP contribution in [0.4, 0.5) is 0 Å². The summed E-state index contributed by atoms with van der Waals surface area (Å²) in [6.45, 7) is 4.25. The molecule has 2 heteroatoms. The van der Waals surface area contributed by atoms with Crippen LogP contribution in [0, 0.1) is 0 Å². The van der Waals surface area contributed by atoms with Crippen molar-refractivity contribution in [3.63, 3.8) is 0 Å². The van der Waals surface area contributed by atoms with Crippen molar-refractivity contribution >= 4 is 23.2 Å². The van der Waals surface area contributed by atoms with Gasteiger partial charge in [0, 0.05) is 0 Å². The maximum Gasteiger partial charge on any atom is 0.118 e. The molecule has 62 valence electrons. The molecule has 0 bridgehead atoms. The van der Waals surface area contributed by atoms with E-state index >= 15 is 0 Å². The van der Waals surface area contributed by atoms with E-state index in [-0.39, 0.29) is 0 Å². The van der Waals surface area contributed by atoms with Crippen molar-refractivity contribution in [2.75, 3.05) is 0 Å². The molecule has 0 atom stereocenters. The molecule has 0 aliphatic rings. The highest BCUT2D eigenvalue weighted by Gasteiger charge is 2.20. The minimum Gasteiger partial charge on any atom is -0.102 e. The Hall–Kier alpha value is 0.580. The average molecular weight is 183 g/mol. The van der Waals surface area contributed by atoms with Gasteiger partial charge in [-0.25, -0.2) is 0 Å². The third-order valence-electron chi connectivity index (χ3n) is 1.51. The molecule has 0 nitrogen and oxygen atoms in total. The van der Waals surface area contributed by atoms with Crippen LogP contribution in [-0.2, 0) is 0 Å². The van der Waals surface area contributed by atoms with Gasteiger partial charge in [0.15, 0.2) is 0 Å². The fraction of sp³-hybridized carbons (Fsp3) is 1.00. The van der Waals surface area contributed by atoms with Gasteiger partial charge in [0.1, 0.15) is 4.33 Å². The van der Waals surface area contributed by atoms with Crippen molar-refractivity contribution in [3.8, 4) is 0 Å². The van der Waals surface area contributed by atoms with Crippen LogP contribution >= 0.6 is 23.2 Å². The molecule has 0 amide bonds. The summed E-state index contributed by atoms with van der Waals surface area (Å²) >= 11 is 12.0. The van der Waals surface area contributed by atoms with Crippen LogP contribution in [0.3, 0.4) is 0 Å². The van der Waals surface area contributed by atoms with Crippen molar-refractivity contribution in [3.05, 3.63) is 0 Å². The Labute approximate surface area is 73.9 Å². The first-order valence-corrected chi connectivity index (χ1v) is 4.76. The molecule has 0 rings (SSSR count). The second-order valence-electron chi connectivity index (χ2n) is 2.71. The lowest BCUT2D eigenvalue weighted by atomic mass is 10.1. The summed E-state index contributed by atoms with van der Waals surface area (Å²) in [4.78, 5) is 0. The summed E-state index contributed by atoms with van der Waals surface area (Å²) in [5.41, 5.74) is 0. The van der Waals surface area contributed by atoms with Crippen LogP contribution < -0.4 is 0 Å². The van der Waals surface area contributed by atoms with Crippen molar-refractivity contribution in [2.45, 2.75) is 50.3 Å². The summed E-state index contributed by atoms with van der Waals surface area (Å²) in [6, 6.07) is 0. The molecule has 0 heterocycles. The Morgan fingerprint density at radius 1 is 1.00 bits per heavy atom. The van der Waals surface area contributed by atoms with E-state index in [1.165, 1.54) is 6.42 Å². The lowest BCUT2D eigenvalue weighted by Crippen LogP contribution is -2.11. The fourth-order valence-electron chi connectivity index (χ4n) is 0.926. The van der Waals surface area contributed by atoms with Gasteiger partial charge in [-0.2, -0.15) is 0 Å². The van der Waals surface area contributed by atoms with Gasteiger partial charge >= 0.3 is 0 Å². The predicted octanol–water partition coefficient (Wildman–Crippen LogP) is 4.15. The lowest BCUT2D eigenvalue weighted by molar-refractivity contribution is 0.589. The Balaban J connectivity index is 3.42. The highest BCUT2D eigenvalue weighted by molar-refractivity contribution is 6.48. The van der Waals surface area contributed by atoms with Crippen LogP contribution in [0.5, 0.6) is 0 Å². The van der Waals surface area contributed by atoms with Crippen molar-refractivity contribution in [1.82, 2.24) is 0 Å². The zero-order valence-electron chi connectivity index (χ0n) is 6.79. The second-order valence-corrected chi connectivity index (χ2v) is 4.35. The van der Waals surface area contributed by atoms with Crippen molar-refractivity contribution in [2.24, 2.45) is 0 Å². The smallest absolute Gasteiger partial charge is 0.102 e. The summed E-state index contributed by atoms with van der Waals surface area (Å²) < 4.78 is -0.454. The number of hydrogen-bond donors (Lipinski definition) is 0. The van der Waals surface area contributed by atoms with Gasteiger partial charge in [-0.05, 0) is 12.8 Å². The van der Waals surface area contributed by atoms with Crippen molar-refractivity contribution < 1.29 is 0 Å². The highest BCUT2D eigenvalue weighted by atomic mass is 35.5. The van der Waals surface area contributed by atoms with Gasteiger partial charge in [-0.15, -0.1) is 23.2 Å². The molecular formula is C8H16Cl2. The minimum absolute atomic E-state index is 0.454. The van der Waals surface area contributed by atoms with E-state index in [1.54, 1.807) is 0 Å².